The molecule has 2 rings (SSSR count). The van der Waals surface area contributed by atoms with Crippen LogP contribution in [0.3, 0.4) is 0 Å². The molecule has 2 amide bonds. The summed E-state index contributed by atoms with van der Waals surface area (Å²) in [6.45, 7) is 0.441. The van der Waals surface area contributed by atoms with Crippen molar-refractivity contribution in [2.75, 3.05) is 6.54 Å². The molecule has 1 aliphatic carbocycles. The number of carbonyl (C=O) groups excluding carboxylic acids is 2. The van der Waals surface area contributed by atoms with E-state index in [4.69, 9.17) is 23.2 Å². The van der Waals surface area contributed by atoms with Gasteiger partial charge in [-0.3, -0.25) is 9.59 Å². The van der Waals surface area contributed by atoms with Gasteiger partial charge in [-0.15, -0.1) is 0 Å². The molecule has 132 valence electrons. The van der Waals surface area contributed by atoms with E-state index in [1.54, 1.807) is 12.1 Å². The molecule has 1 saturated carbocycles. The number of amides is 2. The van der Waals surface area contributed by atoms with Crippen molar-refractivity contribution in [1.82, 2.24) is 10.6 Å². The van der Waals surface area contributed by atoms with Gasteiger partial charge in [-0.1, -0.05) is 55.0 Å². The van der Waals surface area contributed by atoms with Gasteiger partial charge in [0.2, 0.25) is 11.8 Å². The molecule has 0 aromatic heterocycles. The third kappa shape index (κ3) is 6.70. The van der Waals surface area contributed by atoms with Gasteiger partial charge in [-0.25, -0.2) is 0 Å². The quantitative estimate of drug-likeness (QED) is 0.589. The molecule has 1 aromatic rings. The van der Waals surface area contributed by atoms with Crippen LogP contribution in [0.5, 0.6) is 0 Å². The molecule has 1 aliphatic rings. The maximum absolute atomic E-state index is 12.0. The van der Waals surface area contributed by atoms with E-state index < -0.39 is 0 Å². The fourth-order valence-electron chi connectivity index (χ4n) is 2.97. The monoisotopic (exact) mass is 370 g/mol. The van der Waals surface area contributed by atoms with Gasteiger partial charge in [-0.05, 0) is 37.0 Å². The molecule has 4 nitrogen and oxygen atoms in total. The second-order valence-corrected chi connectivity index (χ2v) is 7.11. The predicted molar refractivity (Wildman–Crippen MR) is 97.4 cm³/mol. The Hall–Kier alpha value is -1.26. The Balaban J connectivity index is 1.67. The Morgan fingerprint density at radius 2 is 1.75 bits per heavy atom. The molecule has 0 aliphatic heterocycles. The number of benzene rings is 1. The maximum Gasteiger partial charge on any atom is 0.229 e. The molecule has 0 heterocycles. The molecular weight excluding hydrogens is 347 g/mol. The maximum atomic E-state index is 12.0. The number of hydrogen-bond acceptors (Lipinski definition) is 2. The molecule has 1 fully saturated rings. The van der Waals surface area contributed by atoms with E-state index in [2.05, 4.69) is 10.6 Å². The van der Waals surface area contributed by atoms with Crippen molar-refractivity contribution in [3.63, 3.8) is 0 Å². The molecule has 0 spiro atoms. The lowest BCUT2D eigenvalue weighted by Gasteiger charge is -2.16. The Bertz CT molecular complexity index is 570. The summed E-state index contributed by atoms with van der Waals surface area (Å²) in [6.07, 6.45) is 7.29. The van der Waals surface area contributed by atoms with Crippen LogP contribution in [0.15, 0.2) is 18.2 Å². The van der Waals surface area contributed by atoms with Crippen molar-refractivity contribution in [3.8, 4) is 0 Å². The van der Waals surface area contributed by atoms with Crippen LogP contribution in [0.1, 0.15) is 50.5 Å². The lowest BCUT2D eigenvalue weighted by molar-refractivity contribution is -0.129. The van der Waals surface area contributed by atoms with Crippen LogP contribution in [0.25, 0.3) is 0 Å². The first-order valence-electron chi connectivity index (χ1n) is 8.54. The summed E-state index contributed by atoms with van der Waals surface area (Å²) in [4.78, 5) is 23.8. The first-order chi connectivity index (χ1) is 11.5. The topological polar surface area (TPSA) is 58.2 Å². The van der Waals surface area contributed by atoms with E-state index >= 15 is 0 Å². The smallest absolute Gasteiger partial charge is 0.229 e. The Morgan fingerprint density at radius 1 is 1.04 bits per heavy atom. The number of rotatable bonds is 6. The lowest BCUT2D eigenvalue weighted by Crippen LogP contribution is -2.38. The van der Waals surface area contributed by atoms with Crippen molar-refractivity contribution in [2.24, 2.45) is 0 Å². The minimum atomic E-state index is -0.258. The zero-order valence-corrected chi connectivity index (χ0v) is 15.3. The van der Waals surface area contributed by atoms with Gasteiger partial charge in [0.15, 0.2) is 0 Å². The molecule has 0 bridgehead atoms. The van der Waals surface area contributed by atoms with Gasteiger partial charge < -0.3 is 10.6 Å². The fourth-order valence-corrected chi connectivity index (χ4v) is 3.47. The molecule has 24 heavy (non-hydrogen) atoms. The molecule has 0 saturated heterocycles. The number of carbonyl (C=O) groups is 2. The lowest BCUT2D eigenvalue weighted by atomic mass is 10.1. The third-order valence-corrected chi connectivity index (χ3v) is 4.86. The Labute approximate surface area is 153 Å². The molecule has 0 atom stereocenters. The highest BCUT2D eigenvalue weighted by molar-refractivity contribution is 6.35. The van der Waals surface area contributed by atoms with Gasteiger partial charge in [0.1, 0.15) is 6.42 Å². The largest absolute Gasteiger partial charge is 0.355 e. The summed E-state index contributed by atoms with van der Waals surface area (Å²) in [5.74, 6) is -0.449. The van der Waals surface area contributed by atoms with Crippen molar-refractivity contribution in [1.29, 1.82) is 0 Å². The van der Waals surface area contributed by atoms with Gasteiger partial charge in [0.05, 0.1) is 0 Å². The van der Waals surface area contributed by atoms with Crippen molar-refractivity contribution in [3.05, 3.63) is 33.8 Å². The van der Waals surface area contributed by atoms with Crippen LogP contribution in [-0.4, -0.2) is 24.4 Å². The summed E-state index contributed by atoms with van der Waals surface area (Å²) in [6, 6.07) is 5.52. The average molecular weight is 371 g/mol. The number of hydrogen-bond donors (Lipinski definition) is 2. The molecule has 0 radical (unpaired) electrons. The first kappa shape index (κ1) is 19.1. The summed E-state index contributed by atoms with van der Waals surface area (Å²) in [5, 5.41) is 6.91. The van der Waals surface area contributed by atoms with Crippen LogP contribution in [-0.2, 0) is 16.0 Å². The summed E-state index contributed by atoms with van der Waals surface area (Å²) >= 11 is 11.9. The van der Waals surface area contributed by atoms with Gasteiger partial charge >= 0.3 is 0 Å². The van der Waals surface area contributed by atoms with Gasteiger partial charge in [0.25, 0.3) is 0 Å². The van der Waals surface area contributed by atoms with E-state index in [1.807, 2.05) is 6.07 Å². The van der Waals surface area contributed by atoms with E-state index in [0.29, 0.717) is 23.0 Å². The Morgan fingerprint density at radius 3 is 2.42 bits per heavy atom. The van der Waals surface area contributed by atoms with Crippen LogP contribution in [0, 0.1) is 0 Å². The normalized spacial score (nSPS) is 15.6. The summed E-state index contributed by atoms with van der Waals surface area (Å²) in [5.41, 5.74) is 0.921. The highest BCUT2D eigenvalue weighted by Crippen LogP contribution is 2.21. The van der Waals surface area contributed by atoms with Crippen LogP contribution >= 0.6 is 23.2 Å². The first-order valence-corrected chi connectivity index (χ1v) is 9.30. The molecule has 6 heteroatoms. The van der Waals surface area contributed by atoms with Crippen molar-refractivity contribution < 1.29 is 9.59 Å². The SMILES string of the molecule is O=C(CC(=O)NC1CCCCCC1)NCCc1ccc(Cl)cc1Cl. The Kier molecular flexibility index (Phi) is 7.86. The minimum absolute atomic E-state index is 0.120. The molecular formula is C18H24Cl2N2O2. The highest BCUT2D eigenvalue weighted by atomic mass is 35.5. The van der Waals surface area contributed by atoms with Crippen molar-refractivity contribution in [2.45, 2.75) is 57.4 Å². The summed E-state index contributed by atoms with van der Waals surface area (Å²) in [7, 11) is 0. The molecule has 1 aromatic carbocycles. The second kappa shape index (κ2) is 9.90. The van der Waals surface area contributed by atoms with E-state index in [9.17, 15) is 9.59 Å². The minimum Gasteiger partial charge on any atom is -0.355 e. The van der Waals surface area contributed by atoms with Crippen LogP contribution in [0.2, 0.25) is 10.0 Å². The summed E-state index contributed by atoms with van der Waals surface area (Å²) < 4.78 is 0. The standard InChI is InChI=1S/C18H24Cl2N2O2/c19-14-8-7-13(16(20)11-14)9-10-21-17(23)12-18(24)22-15-5-3-1-2-4-6-15/h7-8,11,15H,1-6,9-10,12H2,(H,21,23)(H,22,24). The van der Waals surface area contributed by atoms with Gasteiger partial charge in [0, 0.05) is 22.6 Å². The van der Waals surface area contributed by atoms with E-state index in [1.165, 1.54) is 12.8 Å². The third-order valence-electron chi connectivity index (χ3n) is 4.27. The van der Waals surface area contributed by atoms with Crippen LogP contribution in [0.4, 0.5) is 0 Å². The van der Waals surface area contributed by atoms with E-state index in [0.717, 1.165) is 31.2 Å². The zero-order valence-electron chi connectivity index (χ0n) is 13.7. The second-order valence-electron chi connectivity index (χ2n) is 6.27. The van der Waals surface area contributed by atoms with Gasteiger partial charge in [-0.2, -0.15) is 0 Å². The molecule has 2 N–H and O–H groups in total. The number of halogens is 2. The van der Waals surface area contributed by atoms with E-state index in [-0.39, 0.29) is 24.3 Å². The zero-order chi connectivity index (χ0) is 17.4. The highest BCUT2D eigenvalue weighted by Gasteiger charge is 2.16. The average Bonchev–Trinajstić information content (AvgIpc) is 2.78. The number of nitrogens with one attached hydrogen (secondary N) is 2. The van der Waals surface area contributed by atoms with Crippen LogP contribution < -0.4 is 10.6 Å². The predicted octanol–water partition coefficient (Wildman–Crippen LogP) is 3.88. The van der Waals surface area contributed by atoms with Crippen molar-refractivity contribution >= 4 is 35.0 Å². The molecule has 0 unspecified atom stereocenters. The fraction of sp³-hybridized carbons (Fsp3) is 0.556.